The Hall–Kier alpha value is -4.18. The van der Waals surface area contributed by atoms with Gasteiger partial charge in [0.05, 0.1) is 18.9 Å². The number of oxazole rings is 1. The first-order chi connectivity index (χ1) is 17.3. The summed E-state index contributed by atoms with van der Waals surface area (Å²) in [5, 5.41) is 8.29. The molecule has 0 atom stereocenters. The third-order valence-electron chi connectivity index (χ3n) is 5.49. The van der Waals surface area contributed by atoms with Crippen LogP contribution in [0.15, 0.2) is 71.0 Å². The fourth-order valence-corrected chi connectivity index (χ4v) is 4.39. The van der Waals surface area contributed by atoms with Gasteiger partial charge >= 0.3 is 11.8 Å². The smallest absolute Gasteiger partial charge is 0.313 e. The number of rotatable bonds is 8. The lowest BCUT2D eigenvalue weighted by Crippen LogP contribution is -2.49. The molecule has 0 fully saturated rings. The van der Waals surface area contributed by atoms with Crippen LogP contribution in [0.2, 0.25) is 0 Å². The van der Waals surface area contributed by atoms with Crippen molar-refractivity contribution in [2.24, 2.45) is 0 Å². The summed E-state index contributed by atoms with van der Waals surface area (Å²) in [5.41, 5.74) is 2.50. The van der Waals surface area contributed by atoms with Gasteiger partial charge in [-0.25, -0.2) is 9.97 Å². The topological polar surface area (TPSA) is 110 Å². The van der Waals surface area contributed by atoms with E-state index in [1.54, 1.807) is 41.9 Å². The van der Waals surface area contributed by atoms with Crippen LogP contribution in [0.1, 0.15) is 19.4 Å². The van der Waals surface area contributed by atoms with Crippen LogP contribution < -0.4 is 20.3 Å². The summed E-state index contributed by atoms with van der Waals surface area (Å²) < 4.78 is 10.7. The zero-order chi connectivity index (χ0) is 25.7. The Morgan fingerprint density at radius 3 is 2.56 bits per heavy atom. The van der Waals surface area contributed by atoms with Gasteiger partial charge in [0.15, 0.2) is 17.3 Å². The molecular formula is C26H27N5O4S. The van der Waals surface area contributed by atoms with Gasteiger partial charge in [0.2, 0.25) is 0 Å². The van der Waals surface area contributed by atoms with Crippen LogP contribution in [0.4, 0.5) is 16.5 Å². The quantitative estimate of drug-likeness (QED) is 0.336. The van der Waals surface area contributed by atoms with E-state index in [1.807, 2.05) is 55.4 Å². The Kier molecular flexibility index (Phi) is 7.35. The average Bonchev–Trinajstić information content (AvgIpc) is 3.58. The van der Waals surface area contributed by atoms with Crippen LogP contribution in [-0.2, 0) is 16.0 Å². The predicted octanol–water partition coefficient (Wildman–Crippen LogP) is 4.65. The number of nitrogens with zero attached hydrogens (tertiary/aromatic N) is 3. The highest BCUT2D eigenvalue weighted by Crippen LogP contribution is 2.32. The van der Waals surface area contributed by atoms with Gasteiger partial charge in [0.25, 0.3) is 0 Å². The van der Waals surface area contributed by atoms with Gasteiger partial charge < -0.3 is 24.7 Å². The highest BCUT2D eigenvalue weighted by atomic mass is 32.1. The fraction of sp³-hybridized carbons (Fsp3) is 0.231. The van der Waals surface area contributed by atoms with Gasteiger partial charge in [0.1, 0.15) is 5.75 Å². The maximum atomic E-state index is 12.6. The fourth-order valence-electron chi connectivity index (χ4n) is 3.76. The molecule has 4 rings (SSSR count). The molecule has 2 aromatic carbocycles. The van der Waals surface area contributed by atoms with Crippen molar-refractivity contribution in [2.45, 2.75) is 25.8 Å². The van der Waals surface area contributed by atoms with Gasteiger partial charge in [-0.05, 0) is 50.1 Å². The number of thiazole rings is 1. The first-order valence-electron chi connectivity index (χ1n) is 11.2. The maximum absolute atomic E-state index is 12.6. The Morgan fingerprint density at radius 1 is 1.14 bits per heavy atom. The highest BCUT2D eigenvalue weighted by Gasteiger charge is 2.25. The first kappa shape index (κ1) is 24.9. The number of carbonyl (C=O) groups excluding carboxylic acids is 2. The van der Waals surface area contributed by atoms with E-state index < -0.39 is 17.4 Å². The Morgan fingerprint density at radius 2 is 1.92 bits per heavy atom. The SMILES string of the molecule is COc1cc(NC(=O)C(=O)NC(C)(C)Cc2ccc(N(C)c3nccs3)cc2)ccc1-c1cnco1. The molecule has 0 aliphatic rings. The van der Waals surface area contributed by atoms with Crippen molar-refractivity contribution in [1.82, 2.24) is 15.3 Å². The number of methoxy groups -OCH3 is 1. The summed E-state index contributed by atoms with van der Waals surface area (Å²) in [6.07, 6.45) is 5.22. The van der Waals surface area contributed by atoms with Crippen molar-refractivity contribution in [3.63, 3.8) is 0 Å². The van der Waals surface area contributed by atoms with Gasteiger partial charge in [-0.15, -0.1) is 11.3 Å². The Labute approximate surface area is 213 Å². The minimum Gasteiger partial charge on any atom is -0.496 e. The molecular weight excluding hydrogens is 478 g/mol. The van der Waals surface area contributed by atoms with E-state index in [9.17, 15) is 9.59 Å². The molecule has 10 heteroatoms. The molecule has 0 aliphatic heterocycles. The normalized spacial score (nSPS) is 11.1. The lowest BCUT2D eigenvalue weighted by molar-refractivity contribution is -0.137. The van der Waals surface area contributed by atoms with Crippen LogP contribution in [0.5, 0.6) is 5.75 Å². The van der Waals surface area contributed by atoms with E-state index >= 15 is 0 Å². The number of ether oxygens (including phenoxy) is 1. The van der Waals surface area contributed by atoms with Crippen LogP contribution in [0, 0.1) is 0 Å². The second-order valence-electron chi connectivity index (χ2n) is 8.79. The number of aromatic nitrogens is 2. The Balaban J connectivity index is 1.36. The maximum Gasteiger partial charge on any atom is 0.313 e. The van der Waals surface area contributed by atoms with Crippen LogP contribution in [0.25, 0.3) is 11.3 Å². The van der Waals surface area contributed by atoms with Crippen molar-refractivity contribution < 1.29 is 18.7 Å². The number of benzene rings is 2. The standard InChI is InChI=1S/C26H27N5O4S/c1-26(2,14-17-5-8-19(9-6-17)31(3)25-28-11-12-36-25)30-24(33)23(32)29-18-7-10-20(21(13-18)34-4)22-15-27-16-35-22/h5-13,15-16H,14H2,1-4H3,(H,29,32)(H,30,33). The number of nitrogens with one attached hydrogen (secondary N) is 2. The molecule has 0 spiro atoms. The molecule has 0 unspecified atom stereocenters. The molecule has 0 saturated heterocycles. The van der Waals surface area contributed by atoms with Crippen LogP contribution in [-0.4, -0.2) is 41.5 Å². The molecule has 2 amide bonds. The van der Waals surface area contributed by atoms with E-state index in [1.165, 1.54) is 13.5 Å². The second kappa shape index (κ2) is 10.6. The average molecular weight is 506 g/mol. The third-order valence-corrected chi connectivity index (χ3v) is 6.34. The molecule has 0 saturated carbocycles. The minimum absolute atomic E-state index is 0.424. The van der Waals surface area contributed by atoms with E-state index in [0.29, 0.717) is 29.2 Å². The number of anilines is 3. The Bertz CT molecular complexity index is 1320. The van der Waals surface area contributed by atoms with Crippen LogP contribution >= 0.6 is 11.3 Å². The highest BCUT2D eigenvalue weighted by molar-refractivity contribution is 7.13. The zero-order valence-corrected chi connectivity index (χ0v) is 21.3. The summed E-state index contributed by atoms with van der Waals surface area (Å²) in [6.45, 7) is 3.76. The largest absolute Gasteiger partial charge is 0.496 e. The summed E-state index contributed by atoms with van der Waals surface area (Å²) in [5.74, 6) is -0.474. The van der Waals surface area contributed by atoms with Crippen molar-refractivity contribution in [3.8, 4) is 17.1 Å². The number of carbonyl (C=O) groups is 2. The molecule has 2 N–H and O–H groups in total. The second-order valence-corrected chi connectivity index (χ2v) is 9.66. The number of amides is 2. The summed E-state index contributed by atoms with van der Waals surface area (Å²) >= 11 is 1.57. The van der Waals surface area contributed by atoms with E-state index in [-0.39, 0.29) is 0 Å². The monoisotopic (exact) mass is 505 g/mol. The molecule has 0 aliphatic carbocycles. The third kappa shape index (κ3) is 5.89. The molecule has 2 aromatic heterocycles. The summed E-state index contributed by atoms with van der Waals surface area (Å²) in [6, 6.07) is 13.1. The number of hydrogen-bond donors (Lipinski definition) is 2. The lowest BCUT2D eigenvalue weighted by atomic mass is 9.94. The lowest BCUT2D eigenvalue weighted by Gasteiger charge is -2.26. The summed E-state index contributed by atoms with van der Waals surface area (Å²) in [4.78, 5) is 35.5. The molecule has 0 bridgehead atoms. The molecule has 4 aromatic rings. The predicted molar refractivity (Wildman–Crippen MR) is 140 cm³/mol. The van der Waals surface area contributed by atoms with E-state index in [0.717, 1.165) is 16.4 Å². The minimum atomic E-state index is -0.766. The van der Waals surface area contributed by atoms with Crippen molar-refractivity contribution in [1.29, 1.82) is 0 Å². The van der Waals surface area contributed by atoms with Gasteiger partial charge in [-0.1, -0.05) is 12.1 Å². The van der Waals surface area contributed by atoms with Crippen molar-refractivity contribution in [3.05, 3.63) is 72.2 Å². The van der Waals surface area contributed by atoms with E-state index in [2.05, 4.69) is 20.6 Å². The first-order valence-corrected chi connectivity index (χ1v) is 12.1. The van der Waals surface area contributed by atoms with Crippen molar-refractivity contribution >= 4 is 39.7 Å². The molecule has 0 radical (unpaired) electrons. The molecule has 186 valence electrons. The van der Waals surface area contributed by atoms with Crippen molar-refractivity contribution in [2.75, 3.05) is 24.4 Å². The molecule has 36 heavy (non-hydrogen) atoms. The van der Waals surface area contributed by atoms with Gasteiger partial charge in [-0.3, -0.25) is 9.59 Å². The molecule has 2 heterocycles. The zero-order valence-electron chi connectivity index (χ0n) is 20.4. The molecule has 9 nitrogen and oxygen atoms in total. The van der Waals surface area contributed by atoms with Crippen LogP contribution in [0.3, 0.4) is 0 Å². The van der Waals surface area contributed by atoms with E-state index in [4.69, 9.17) is 9.15 Å². The number of hydrogen-bond acceptors (Lipinski definition) is 8. The van der Waals surface area contributed by atoms with Gasteiger partial charge in [-0.2, -0.15) is 0 Å². The van der Waals surface area contributed by atoms with Gasteiger partial charge in [0, 0.05) is 41.6 Å². The summed E-state index contributed by atoms with van der Waals surface area (Å²) in [7, 11) is 3.48.